The molecule has 0 aliphatic heterocycles. The Morgan fingerprint density at radius 2 is 1.09 bits per heavy atom. The summed E-state index contributed by atoms with van der Waals surface area (Å²) < 4.78 is 0. The van der Waals surface area contributed by atoms with Crippen LogP contribution in [0, 0.1) is 6.92 Å². The third-order valence-electron chi connectivity index (χ3n) is 4.27. The molecule has 0 amide bonds. The first-order chi connectivity index (χ1) is 11.3. The van der Waals surface area contributed by atoms with Crippen molar-refractivity contribution in [1.29, 1.82) is 0 Å². The molecule has 4 aromatic rings. The molecule has 0 unspecified atom stereocenters. The highest BCUT2D eigenvalue weighted by molar-refractivity contribution is 5.88. The van der Waals surface area contributed by atoms with Crippen molar-refractivity contribution in [2.45, 2.75) is 6.92 Å². The van der Waals surface area contributed by atoms with Gasteiger partial charge in [0, 0.05) is 0 Å². The minimum absolute atomic E-state index is 1.26. The van der Waals surface area contributed by atoms with Crippen molar-refractivity contribution in [3.8, 4) is 22.3 Å². The fraction of sp³-hybridized carbons (Fsp3) is 0.0435. The summed E-state index contributed by atoms with van der Waals surface area (Å²) in [5.74, 6) is 0. The van der Waals surface area contributed by atoms with Crippen LogP contribution in [-0.4, -0.2) is 0 Å². The van der Waals surface area contributed by atoms with Gasteiger partial charge in [0.2, 0.25) is 0 Å². The van der Waals surface area contributed by atoms with Crippen LogP contribution in [0.25, 0.3) is 33.0 Å². The van der Waals surface area contributed by atoms with Crippen LogP contribution in [0.2, 0.25) is 0 Å². The Morgan fingerprint density at radius 1 is 0.435 bits per heavy atom. The molecular weight excluding hydrogens is 276 g/mol. The maximum Gasteiger partial charge on any atom is -0.0175 e. The molecule has 0 N–H and O–H groups in total. The smallest absolute Gasteiger partial charge is 0.0175 e. The van der Waals surface area contributed by atoms with E-state index in [1.54, 1.807) is 0 Å². The Bertz CT molecular complexity index is 965. The maximum atomic E-state index is 2.28. The van der Waals surface area contributed by atoms with Gasteiger partial charge in [0.1, 0.15) is 0 Å². The number of hydrogen-bond donors (Lipinski definition) is 0. The molecule has 0 saturated carbocycles. The summed E-state index contributed by atoms with van der Waals surface area (Å²) in [7, 11) is 0. The predicted molar refractivity (Wildman–Crippen MR) is 99.6 cm³/mol. The molecule has 0 nitrogen and oxygen atoms in total. The molecule has 0 heterocycles. The van der Waals surface area contributed by atoms with E-state index in [0.717, 1.165) is 0 Å². The van der Waals surface area contributed by atoms with E-state index in [1.165, 1.54) is 38.6 Å². The molecule has 0 fully saturated rings. The molecular formula is C23H18. The fourth-order valence-corrected chi connectivity index (χ4v) is 3.12. The highest BCUT2D eigenvalue weighted by Gasteiger charge is 2.04. The lowest BCUT2D eigenvalue weighted by Gasteiger charge is -2.09. The zero-order valence-electron chi connectivity index (χ0n) is 13.2. The van der Waals surface area contributed by atoms with Crippen molar-refractivity contribution in [1.82, 2.24) is 0 Å². The Morgan fingerprint density at radius 3 is 1.87 bits per heavy atom. The van der Waals surface area contributed by atoms with Crippen LogP contribution >= 0.6 is 0 Å². The summed E-state index contributed by atoms with van der Waals surface area (Å²) >= 11 is 0. The summed E-state index contributed by atoms with van der Waals surface area (Å²) in [6.45, 7) is 2.16. The van der Waals surface area contributed by atoms with Crippen LogP contribution in [0.3, 0.4) is 0 Å². The van der Waals surface area contributed by atoms with Gasteiger partial charge in [-0.2, -0.15) is 0 Å². The zero-order chi connectivity index (χ0) is 15.6. The van der Waals surface area contributed by atoms with Crippen molar-refractivity contribution in [3.63, 3.8) is 0 Å². The lowest BCUT2D eigenvalue weighted by Crippen LogP contribution is -1.85. The second-order valence-corrected chi connectivity index (χ2v) is 6.02. The van der Waals surface area contributed by atoms with Gasteiger partial charge in [-0.3, -0.25) is 0 Å². The van der Waals surface area contributed by atoms with Crippen LogP contribution in [0.15, 0.2) is 91.0 Å². The third kappa shape index (κ3) is 2.76. The highest BCUT2D eigenvalue weighted by Crippen LogP contribution is 2.30. The first-order valence-corrected chi connectivity index (χ1v) is 7.96. The van der Waals surface area contributed by atoms with Gasteiger partial charge in [0.05, 0.1) is 0 Å². The first-order valence-electron chi connectivity index (χ1n) is 7.96. The third-order valence-corrected chi connectivity index (χ3v) is 4.27. The van der Waals surface area contributed by atoms with Crippen molar-refractivity contribution < 1.29 is 0 Å². The SMILES string of the molecule is Cc1cc(-c2ccccc2)cc(-c2ccc3ccccc3c2)c1. The number of hydrogen-bond acceptors (Lipinski definition) is 0. The maximum absolute atomic E-state index is 2.28. The molecule has 0 radical (unpaired) electrons. The summed E-state index contributed by atoms with van der Waals surface area (Å²) in [5, 5.41) is 2.57. The summed E-state index contributed by atoms with van der Waals surface area (Å²) in [6, 6.07) is 32.6. The predicted octanol–water partition coefficient (Wildman–Crippen LogP) is 6.48. The summed E-state index contributed by atoms with van der Waals surface area (Å²) in [4.78, 5) is 0. The minimum atomic E-state index is 1.26. The molecule has 0 atom stereocenters. The molecule has 110 valence electrons. The Balaban J connectivity index is 1.86. The van der Waals surface area contributed by atoms with E-state index in [2.05, 4.69) is 97.9 Å². The Hall–Kier alpha value is -2.86. The molecule has 0 spiro atoms. The van der Waals surface area contributed by atoms with Gasteiger partial charge in [-0.1, -0.05) is 78.9 Å². The molecule has 4 aromatic carbocycles. The topological polar surface area (TPSA) is 0 Å². The molecule has 4 rings (SSSR count). The molecule has 0 aliphatic carbocycles. The van der Waals surface area contributed by atoms with Crippen LogP contribution in [0.1, 0.15) is 5.56 Å². The Labute approximate surface area is 137 Å². The van der Waals surface area contributed by atoms with Crippen LogP contribution in [0.5, 0.6) is 0 Å². The van der Waals surface area contributed by atoms with E-state index in [0.29, 0.717) is 0 Å². The molecule has 0 bridgehead atoms. The van der Waals surface area contributed by atoms with Crippen molar-refractivity contribution in [3.05, 3.63) is 96.6 Å². The normalized spacial score (nSPS) is 10.8. The van der Waals surface area contributed by atoms with Crippen LogP contribution in [0.4, 0.5) is 0 Å². The van der Waals surface area contributed by atoms with Crippen molar-refractivity contribution in [2.24, 2.45) is 0 Å². The van der Waals surface area contributed by atoms with Gasteiger partial charge in [-0.25, -0.2) is 0 Å². The van der Waals surface area contributed by atoms with Gasteiger partial charge >= 0.3 is 0 Å². The van der Waals surface area contributed by atoms with E-state index >= 15 is 0 Å². The van der Waals surface area contributed by atoms with Crippen LogP contribution in [-0.2, 0) is 0 Å². The van der Waals surface area contributed by atoms with E-state index in [-0.39, 0.29) is 0 Å². The largest absolute Gasteiger partial charge is 0.0622 e. The first kappa shape index (κ1) is 13.8. The van der Waals surface area contributed by atoms with Crippen molar-refractivity contribution in [2.75, 3.05) is 0 Å². The molecule has 0 aliphatic rings. The van der Waals surface area contributed by atoms with Gasteiger partial charge in [-0.05, 0) is 57.6 Å². The summed E-state index contributed by atoms with van der Waals surface area (Å²) in [5.41, 5.74) is 6.36. The van der Waals surface area contributed by atoms with E-state index < -0.39 is 0 Å². The van der Waals surface area contributed by atoms with Gasteiger partial charge in [0.25, 0.3) is 0 Å². The standard InChI is InChI=1S/C23H18/c1-17-13-22(18-7-3-2-4-8-18)16-23(14-17)21-12-11-19-9-5-6-10-20(19)15-21/h2-16H,1H3. The van der Waals surface area contributed by atoms with Gasteiger partial charge < -0.3 is 0 Å². The lowest BCUT2D eigenvalue weighted by molar-refractivity contribution is 1.46. The fourth-order valence-electron chi connectivity index (χ4n) is 3.12. The monoisotopic (exact) mass is 294 g/mol. The lowest BCUT2D eigenvalue weighted by atomic mass is 9.95. The van der Waals surface area contributed by atoms with E-state index in [4.69, 9.17) is 0 Å². The quantitative estimate of drug-likeness (QED) is 0.397. The second-order valence-electron chi connectivity index (χ2n) is 6.02. The average molecular weight is 294 g/mol. The Kier molecular flexibility index (Phi) is 3.44. The second kappa shape index (κ2) is 5.73. The molecule has 0 aromatic heterocycles. The van der Waals surface area contributed by atoms with Gasteiger partial charge in [-0.15, -0.1) is 0 Å². The van der Waals surface area contributed by atoms with E-state index in [1.807, 2.05) is 0 Å². The number of fused-ring (bicyclic) bond motifs is 1. The van der Waals surface area contributed by atoms with Gasteiger partial charge in [0.15, 0.2) is 0 Å². The minimum Gasteiger partial charge on any atom is -0.0622 e. The number of aryl methyl sites for hydroxylation is 1. The van der Waals surface area contributed by atoms with Crippen LogP contribution < -0.4 is 0 Å². The molecule has 0 heteroatoms. The van der Waals surface area contributed by atoms with Crippen molar-refractivity contribution >= 4 is 10.8 Å². The molecule has 0 saturated heterocycles. The number of benzene rings is 4. The molecule has 23 heavy (non-hydrogen) atoms. The summed E-state index contributed by atoms with van der Waals surface area (Å²) in [6.07, 6.45) is 0. The average Bonchev–Trinajstić information content (AvgIpc) is 2.61. The zero-order valence-corrected chi connectivity index (χ0v) is 13.2. The highest BCUT2D eigenvalue weighted by atomic mass is 14.1. The van der Waals surface area contributed by atoms with E-state index in [9.17, 15) is 0 Å². The number of rotatable bonds is 2.